The maximum atomic E-state index is 13.0. The minimum Gasteiger partial charge on any atom is -0.368 e. The molecule has 2 aromatic rings. The normalized spacial score (nSPS) is 23.2. The van der Waals surface area contributed by atoms with E-state index in [9.17, 15) is 14.9 Å². The lowest BCUT2D eigenvalue weighted by Gasteiger charge is -2.27. The van der Waals surface area contributed by atoms with Crippen molar-refractivity contribution < 1.29 is 9.59 Å². The Balaban J connectivity index is 1.34. The number of hydrogen-bond donors (Lipinski definition) is 1. The van der Waals surface area contributed by atoms with Gasteiger partial charge in [0.05, 0.1) is 29.6 Å². The molecule has 3 heterocycles. The third-order valence-corrected chi connectivity index (χ3v) is 7.53. The first-order valence-electron chi connectivity index (χ1n) is 10.9. The van der Waals surface area contributed by atoms with E-state index in [1.54, 1.807) is 24.0 Å². The molecule has 2 saturated heterocycles. The topological polar surface area (TPSA) is 89.3 Å². The summed E-state index contributed by atoms with van der Waals surface area (Å²) >= 11 is 1.55. The molecule has 7 nitrogen and oxygen atoms in total. The van der Waals surface area contributed by atoms with Crippen LogP contribution in [-0.2, 0) is 4.79 Å². The molecule has 1 saturated carbocycles. The lowest BCUT2D eigenvalue weighted by atomic mass is 10.1. The molecule has 3 aliphatic rings. The number of hydrogen-bond acceptors (Lipinski definition) is 6. The van der Waals surface area contributed by atoms with Crippen molar-refractivity contribution in [1.29, 1.82) is 5.26 Å². The number of thioether (sulfide) groups is 1. The van der Waals surface area contributed by atoms with E-state index in [0.717, 1.165) is 29.1 Å². The van der Waals surface area contributed by atoms with E-state index in [1.807, 2.05) is 6.07 Å². The number of carbonyl (C=O) groups is 2. The molecule has 0 spiro atoms. The lowest BCUT2D eigenvalue weighted by molar-refractivity contribution is -0.129. The number of carbonyl (C=O) groups excluding carboxylic acids is 2. The van der Waals surface area contributed by atoms with Crippen LogP contribution in [0.3, 0.4) is 0 Å². The number of aromatic nitrogens is 1. The minimum atomic E-state index is -0.418. The van der Waals surface area contributed by atoms with Gasteiger partial charge in [0.1, 0.15) is 6.04 Å². The highest BCUT2D eigenvalue weighted by molar-refractivity contribution is 7.99. The van der Waals surface area contributed by atoms with Gasteiger partial charge in [-0.05, 0) is 55.9 Å². The fourth-order valence-corrected chi connectivity index (χ4v) is 5.85. The molecule has 31 heavy (non-hydrogen) atoms. The maximum Gasteiger partial charge on any atom is 0.252 e. The average Bonchev–Trinajstić information content (AvgIpc) is 3.33. The molecule has 2 aliphatic heterocycles. The van der Waals surface area contributed by atoms with Crippen molar-refractivity contribution in [2.75, 3.05) is 29.6 Å². The number of rotatable bonds is 5. The van der Waals surface area contributed by atoms with Gasteiger partial charge in [-0.3, -0.25) is 14.6 Å². The molecular formula is C23H25N5O2S. The van der Waals surface area contributed by atoms with Gasteiger partial charge in [0.2, 0.25) is 5.91 Å². The van der Waals surface area contributed by atoms with Crippen molar-refractivity contribution in [3.05, 3.63) is 36.0 Å². The van der Waals surface area contributed by atoms with Gasteiger partial charge in [0.25, 0.3) is 5.91 Å². The predicted molar refractivity (Wildman–Crippen MR) is 121 cm³/mol. The van der Waals surface area contributed by atoms with E-state index in [1.165, 1.54) is 30.6 Å². The summed E-state index contributed by atoms with van der Waals surface area (Å²) < 4.78 is 0. The first kappa shape index (κ1) is 20.1. The molecule has 0 radical (unpaired) electrons. The van der Waals surface area contributed by atoms with E-state index in [2.05, 4.69) is 33.4 Å². The summed E-state index contributed by atoms with van der Waals surface area (Å²) in [6, 6.07) is 10.2. The van der Waals surface area contributed by atoms with Crippen LogP contribution >= 0.6 is 11.8 Å². The van der Waals surface area contributed by atoms with E-state index in [4.69, 9.17) is 0 Å². The number of benzene rings is 1. The Hall–Kier alpha value is -2.79. The Kier molecular flexibility index (Phi) is 5.45. The van der Waals surface area contributed by atoms with Crippen molar-refractivity contribution >= 4 is 40.2 Å². The summed E-state index contributed by atoms with van der Waals surface area (Å²) in [5.74, 6) is 1.40. The Morgan fingerprint density at radius 3 is 2.94 bits per heavy atom. The molecular weight excluding hydrogens is 410 g/mol. The Bertz CT molecular complexity index is 1060. The summed E-state index contributed by atoms with van der Waals surface area (Å²) in [7, 11) is 0. The van der Waals surface area contributed by atoms with Crippen LogP contribution in [0.15, 0.2) is 30.5 Å². The fraction of sp³-hybridized carbons (Fsp3) is 0.478. The largest absolute Gasteiger partial charge is 0.368 e. The Morgan fingerprint density at radius 2 is 2.13 bits per heavy atom. The van der Waals surface area contributed by atoms with Gasteiger partial charge in [-0.1, -0.05) is 0 Å². The van der Waals surface area contributed by atoms with Crippen molar-refractivity contribution in [2.24, 2.45) is 5.92 Å². The van der Waals surface area contributed by atoms with Crippen LogP contribution in [0.2, 0.25) is 0 Å². The smallest absolute Gasteiger partial charge is 0.252 e. The first-order chi connectivity index (χ1) is 15.2. The predicted octanol–water partition coefficient (Wildman–Crippen LogP) is 2.77. The molecule has 1 aromatic carbocycles. The maximum absolute atomic E-state index is 13.0. The summed E-state index contributed by atoms with van der Waals surface area (Å²) in [5, 5.41) is 12.7. The van der Waals surface area contributed by atoms with Gasteiger partial charge in [-0.25, -0.2) is 0 Å². The van der Waals surface area contributed by atoms with Crippen LogP contribution in [0, 0.1) is 17.2 Å². The first-order valence-corrected chi connectivity index (χ1v) is 12.0. The lowest BCUT2D eigenvalue weighted by Crippen LogP contribution is -2.42. The fourth-order valence-electron chi connectivity index (χ4n) is 4.74. The van der Waals surface area contributed by atoms with Crippen LogP contribution in [-0.4, -0.2) is 58.5 Å². The van der Waals surface area contributed by atoms with Crippen molar-refractivity contribution in [2.45, 2.75) is 37.8 Å². The molecule has 0 bridgehead atoms. The highest BCUT2D eigenvalue weighted by Crippen LogP contribution is 2.42. The number of nitrogens with one attached hydrogen (secondary N) is 1. The van der Waals surface area contributed by atoms with Gasteiger partial charge in [-0.2, -0.15) is 5.26 Å². The van der Waals surface area contributed by atoms with Crippen molar-refractivity contribution in [3.63, 3.8) is 0 Å². The number of amides is 2. The zero-order valence-corrected chi connectivity index (χ0v) is 18.1. The van der Waals surface area contributed by atoms with Crippen LogP contribution in [0.25, 0.3) is 10.9 Å². The Labute approximate surface area is 185 Å². The summed E-state index contributed by atoms with van der Waals surface area (Å²) in [5.41, 5.74) is 2.44. The van der Waals surface area contributed by atoms with E-state index in [-0.39, 0.29) is 18.4 Å². The molecule has 8 heteroatoms. The zero-order valence-electron chi connectivity index (χ0n) is 17.3. The third kappa shape index (κ3) is 3.94. The van der Waals surface area contributed by atoms with E-state index < -0.39 is 6.04 Å². The molecule has 3 fully saturated rings. The molecule has 160 valence electrons. The number of fused-ring (bicyclic) bond motifs is 1. The van der Waals surface area contributed by atoms with Crippen molar-refractivity contribution in [1.82, 2.24) is 15.2 Å². The van der Waals surface area contributed by atoms with E-state index in [0.29, 0.717) is 23.2 Å². The number of pyridine rings is 1. The van der Waals surface area contributed by atoms with Gasteiger partial charge in [0, 0.05) is 35.6 Å². The molecule has 1 aliphatic carbocycles. The summed E-state index contributed by atoms with van der Waals surface area (Å²) in [6.07, 6.45) is 6.72. The van der Waals surface area contributed by atoms with Gasteiger partial charge >= 0.3 is 0 Å². The number of anilines is 1. The zero-order chi connectivity index (χ0) is 21.4. The second kappa shape index (κ2) is 8.39. The standard InChI is InChI=1S/C23H25N5O2S/c24-11-17-13-31-14-28(17)22(29)12-26-23(30)18-7-8-25-20-6-5-16(10-19(18)20)27-9-1-2-21(27)15-3-4-15/h5-8,10,15,17,21H,1-4,9,12-14H2,(H,26,30)/t17-,21-/m1/s1. The van der Waals surface area contributed by atoms with Crippen LogP contribution < -0.4 is 10.2 Å². The molecule has 1 N–H and O–H groups in total. The van der Waals surface area contributed by atoms with Gasteiger partial charge in [0.15, 0.2) is 0 Å². The van der Waals surface area contributed by atoms with Crippen LogP contribution in [0.5, 0.6) is 0 Å². The van der Waals surface area contributed by atoms with Gasteiger partial charge < -0.3 is 15.1 Å². The Morgan fingerprint density at radius 1 is 1.26 bits per heavy atom. The molecule has 0 unspecified atom stereocenters. The van der Waals surface area contributed by atoms with Gasteiger partial charge in [-0.15, -0.1) is 11.8 Å². The monoisotopic (exact) mass is 435 g/mol. The third-order valence-electron chi connectivity index (χ3n) is 6.52. The molecule has 2 amide bonds. The second-order valence-electron chi connectivity index (χ2n) is 8.49. The SMILES string of the molecule is N#C[C@@H]1CSCN1C(=O)CNC(=O)c1ccnc2ccc(N3CCC[C@@H]3C3CC3)cc12. The molecule has 5 rings (SSSR count). The highest BCUT2D eigenvalue weighted by atomic mass is 32.2. The summed E-state index contributed by atoms with van der Waals surface area (Å²) in [6.45, 7) is 0.938. The number of nitrogens with zero attached hydrogens (tertiary/aromatic N) is 4. The average molecular weight is 436 g/mol. The minimum absolute atomic E-state index is 0.114. The van der Waals surface area contributed by atoms with Crippen LogP contribution in [0.4, 0.5) is 5.69 Å². The van der Waals surface area contributed by atoms with Crippen LogP contribution in [0.1, 0.15) is 36.0 Å². The number of nitriles is 1. The molecule has 1 aromatic heterocycles. The van der Waals surface area contributed by atoms with E-state index >= 15 is 0 Å². The second-order valence-corrected chi connectivity index (χ2v) is 9.49. The molecule has 2 atom stereocenters. The quantitative estimate of drug-likeness (QED) is 0.777. The van der Waals surface area contributed by atoms with Crippen molar-refractivity contribution in [3.8, 4) is 6.07 Å². The summed E-state index contributed by atoms with van der Waals surface area (Å²) in [4.78, 5) is 33.9. The highest BCUT2D eigenvalue weighted by Gasteiger charge is 2.38.